The summed E-state index contributed by atoms with van der Waals surface area (Å²) >= 11 is 0.300. The van der Waals surface area contributed by atoms with E-state index in [0.717, 1.165) is 38.5 Å². The van der Waals surface area contributed by atoms with Gasteiger partial charge in [0.25, 0.3) is 0 Å². The number of rotatable bonds is 47. The van der Waals surface area contributed by atoms with Crippen LogP contribution in [0, 0.1) is 0 Å². The fraction of sp³-hybridized carbons (Fsp3) is 0.845. The number of aliphatic carboxylic acids is 1. The Morgan fingerprint density at radius 3 is 0.769 bits per heavy atom. The molecule has 7 heteroatoms. The van der Waals surface area contributed by atoms with Crippen LogP contribution in [0.5, 0.6) is 0 Å². The van der Waals surface area contributed by atoms with Crippen molar-refractivity contribution in [2.75, 3.05) is 6.61 Å². The molecule has 0 aromatic heterocycles. The minimum absolute atomic E-state index is 0.300. The second-order valence-corrected chi connectivity index (χ2v) is 17.8. The summed E-state index contributed by atoms with van der Waals surface area (Å²) in [5.74, 6) is -0.664. The van der Waals surface area contributed by atoms with Gasteiger partial charge in [-0.2, -0.15) is 12.8 Å². The van der Waals surface area contributed by atoms with Gasteiger partial charge in [-0.15, -0.1) is 0 Å². The van der Waals surface area contributed by atoms with Gasteiger partial charge >= 0.3 is 33.5 Å². The third-order valence-corrected chi connectivity index (χ3v) is 11.2. The van der Waals surface area contributed by atoms with Gasteiger partial charge in [0.2, 0.25) is 0 Å². The van der Waals surface area contributed by atoms with E-state index in [9.17, 15) is 14.4 Å². The summed E-state index contributed by atoms with van der Waals surface area (Å²) in [6.45, 7) is 9.19. The van der Waals surface area contributed by atoms with Crippen LogP contribution in [0.2, 0.25) is 0 Å². The number of hydrogen-bond donors (Lipinski definition) is 2. The molecule has 65 heavy (non-hydrogen) atoms. The van der Waals surface area contributed by atoms with Crippen LogP contribution in [0.1, 0.15) is 310 Å². The van der Waals surface area contributed by atoms with E-state index >= 15 is 0 Å². The number of aliphatic hydroxyl groups excluding tert-OH is 1. The summed E-state index contributed by atoms with van der Waals surface area (Å²) in [6.07, 6.45) is 71.7. The summed E-state index contributed by atoms with van der Waals surface area (Å²) in [7, 11) is 0. The van der Waals surface area contributed by atoms with Crippen molar-refractivity contribution in [3.8, 4) is 0 Å². The summed E-state index contributed by atoms with van der Waals surface area (Å²) < 4.78 is 8.34. The molecular weight excluding hydrogens is 884 g/mol. The van der Waals surface area contributed by atoms with Crippen LogP contribution < -0.4 is 0 Å². The molecule has 0 saturated carbocycles. The van der Waals surface area contributed by atoms with Crippen LogP contribution in [-0.2, 0) is 41.9 Å². The normalized spacial score (nSPS) is 10.8. The van der Waals surface area contributed by atoms with Gasteiger partial charge < -0.3 is 19.8 Å². The van der Waals surface area contributed by atoms with Gasteiger partial charge in [0.15, 0.2) is 0 Å². The molecular formula is C58H110O6Zr. The standard InChI is InChI=1S/C18H34O2.2C18H33O.C4H10O.O.Zr/c1-2-3-4-5-6-7-8-9-10-11-12-13-14-15-16-17-18(19)20;2*1-2-3-4-5-6-7-8-9-10-11-12-13-14-15-16-17-18-19;1-2-3-4-5;;/h9-10H,2-8,11-17H2,1H3,(H,19,20);2*9-10H,2-8,11-17H2,1H3;5H,2-4H2,1H3;;/q;2*-1;;;+2/b3*10-9-;;;. The van der Waals surface area contributed by atoms with Gasteiger partial charge in [-0.05, 0) is 89.9 Å². The zero-order valence-corrected chi connectivity index (χ0v) is 46.3. The Kier molecular flexibility index (Phi) is 89.1. The van der Waals surface area contributed by atoms with Crippen LogP contribution >= 0.6 is 0 Å². The Morgan fingerprint density at radius 1 is 0.354 bits per heavy atom. The van der Waals surface area contributed by atoms with E-state index in [1.54, 1.807) is 0 Å². The number of aliphatic hydroxyl groups is 1. The number of unbranched alkanes of at least 4 members (excludes halogenated alkanes) is 36. The number of allylic oxidation sites excluding steroid dienone is 6. The first-order valence-electron chi connectivity index (χ1n) is 27.7. The summed E-state index contributed by atoms with van der Waals surface area (Å²) in [5, 5.41) is 16.6. The Bertz CT molecular complexity index is 874. The van der Waals surface area contributed by atoms with Crippen LogP contribution in [-0.4, -0.2) is 35.4 Å². The number of hydrogen-bond acceptors (Lipinski definition) is 5. The van der Waals surface area contributed by atoms with Crippen molar-refractivity contribution >= 4 is 18.5 Å². The third kappa shape index (κ3) is 93.5. The summed E-state index contributed by atoms with van der Waals surface area (Å²) in [6, 6.07) is 0. The second-order valence-electron chi connectivity index (χ2n) is 17.8. The topological polar surface area (TPSA) is 109 Å². The predicted molar refractivity (Wildman–Crippen MR) is 280 cm³/mol. The second kappa shape index (κ2) is 79.7. The molecule has 0 amide bonds. The van der Waals surface area contributed by atoms with Crippen LogP contribution in [0.3, 0.4) is 0 Å². The van der Waals surface area contributed by atoms with Gasteiger partial charge in [-0.25, -0.2) is 0 Å². The molecule has 0 aliphatic carbocycles. The number of carbonyl (C=O) groups excluding carboxylic acids is 2. The summed E-state index contributed by atoms with van der Waals surface area (Å²) in [5.41, 5.74) is 0. The Labute approximate surface area is 421 Å². The number of carboxylic acid groups (broad SMARTS) is 1. The van der Waals surface area contributed by atoms with Crippen molar-refractivity contribution in [3.63, 3.8) is 0 Å². The molecule has 382 valence electrons. The molecule has 0 unspecified atom stereocenters. The number of carboxylic acids is 1. The zero-order valence-electron chi connectivity index (χ0n) is 43.8. The van der Waals surface area contributed by atoms with E-state index < -0.39 is 5.97 Å². The van der Waals surface area contributed by atoms with E-state index in [1.165, 1.54) is 225 Å². The third-order valence-electron chi connectivity index (χ3n) is 11.2. The van der Waals surface area contributed by atoms with E-state index in [-0.39, 0.29) is 0 Å². The Hall–Kier alpha value is -1.33. The van der Waals surface area contributed by atoms with Crippen molar-refractivity contribution < 1.29 is 52.1 Å². The average Bonchev–Trinajstić information content (AvgIpc) is 3.31. The molecule has 0 radical (unpaired) electrons. The molecule has 0 fully saturated rings. The first kappa shape index (κ1) is 72.7. The average molecular weight is 995 g/mol. The van der Waals surface area contributed by atoms with E-state index in [2.05, 4.69) is 64.2 Å². The zero-order chi connectivity index (χ0) is 49.1. The molecule has 0 spiro atoms. The molecule has 0 aliphatic rings. The van der Waals surface area contributed by atoms with Crippen LogP contribution in [0.15, 0.2) is 36.5 Å². The van der Waals surface area contributed by atoms with Crippen molar-refractivity contribution in [2.45, 2.75) is 310 Å². The van der Waals surface area contributed by atoms with Crippen molar-refractivity contribution in [1.82, 2.24) is 0 Å². The predicted octanol–water partition coefficient (Wildman–Crippen LogP) is 19.0. The van der Waals surface area contributed by atoms with E-state index in [4.69, 9.17) is 13.0 Å². The van der Waals surface area contributed by atoms with Crippen molar-refractivity contribution in [2.24, 2.45) is 0 Å². The van der Waals surface area contributed by atoms with Crippen molar-refractivity contribution in [1.29, 1.82) is 0 Å². The van der Waals surface area contributed by atoms with Crippen LogP contribution in [0.25, 0.3) is 0 Å². The SMILES string of the molecule is CCCCCCCC/C=C\CCCCCCCC(=O)O.CCCCCCCC/C=C\CCCCCCC[C-]=O.CCCCCCCC/C=C\CCCCCCC[C-]=O.CCCCO.[O]=[Zr+2]. The molecule has 0 atom stereocenters. The van der Waals surface area contributed by atoms with Gasteiger partial charge in [0, 0.05) is 13.0 Å². The fourth-order valence-electron chi connectivity index (χ4n) is 7.04. The summed E-state index contributed by atoms with van der Waals surface area (Å²) in [4.78, 5) is 30.3. The molecule has 0 aromatic rings. The maximum atomic E-state index is 10.3. The molecule has 0 bridgehead atoms. The van der Waals surface area contributed by atoms with Crippen LogP contribution in [0.4, 0.5) is 0 Å². The monoisotopic (exact) mass is 993 g/mol. The van der Waals surface area contributed by atoms with Crippen molar-refractivity contribution in [3.05, 3.63) is 36.5 Å². The fourth-order valence-corrected chi connectivity index (χ4v) is 7.04. The molecule has 0 saturated heterocycles. The van der Waals surface area contributed by atoms with Gasteiger partial charge in [0.1, 0.15) is 0 Å². The first-order chi connectivity index (χ1) is 32.0. The Morgan fingerprint density at radius 2 is 0.569 bits per heavy atom. The Balaban J connectivity index is -0.000000257. The first-order valence-corrected chi connectivity index (χ1v) is 28.7. The van der Waals surface area contributed by atoms with E-state index in [1.807, 2.05) is 12.6 Å². The number of carbonyl (C=O) groups is 1. The molecule has 0 rings (SSSR count). The van der Waals surface area contributed by atoms with Gasteiger partial charge in [-0.1, -0.05) is 238 Å². The molecule has 0 aliphatic heterocycles. The molecule has 0 heterocycles. The minimum atomic E-state index is -0.664. The molecule has 0 aromatic carbocycles. The quantitative estimate of drug-likeness (QED) is 0.0357. The maximum absolute atomic E-state index is 10.3. The molecule has 6 nitrogen and oxygen atoms in total. The van der Waals surface area contributed by atoms with E-state index in [0.29, 0.717) is 50.6 Å². The molecule has 2 N–H and O–H groups in total. The van der Waals surface area contributed by atoms with Gasteiger partial charge in [-0.3, -0.25) is 17.4 Å². The van der Waals surface area contributed by atoms with Gasteiger partial charge in [0.05, 0.1) is 0 Å².